The molecule has 0 atom stereocenters. The van der Waals surface area contributed by atoms with Crippen molar-refractivity contribution >= 4 is 82.2 Å². The van der Waals surface area contributed by atoms with E-state index in [-0.39, 0.29) is 0 Å². The molecule has 0 saturated heterocycles. The molecule has 0 bridgehead atoms. The average molecular weight is 474 g/mol. The SMILES string of the molecule is CCSC1=C(SCC)SC(=C2Sc3cn(-c4ccc(Cl)cc4)cc3S2)S1. The molecule has 3 heterocycles. The van der Waals surface area contributed by atoms with E-state index in [0.29, 0.717) is 0 Å². The van der Waals surface area contributed by atoms with Gasteiger partial charge in [-0.3, -0.25) is 0 Å². The first kappa shape index (κ1) is 19.7. The van der Waals surface area contributed by atoms with E-state index in [4.69, 9.17) is 11.6 Å². The van der Waals surface area contributed by atoms with Crippen molar-refractivity contribution in [1.82, 2.24) is 4.57 Å². The lowest BCUT2D eigenvalue weighted by Crippen LogP contribution is -1.88. The molecule has 2 aliphatic rings. The van der Waals surface area contributed by atoms with Gasteiger partial charge in [-0.05, 0) is 35.8 Å². The second-order valence-electron chi connectivity index (χ2n) is 5.29. The van der Waals surface area contributed by atoms with Crippen LogP contribution in [0.5, 0.6) is 0 Å². The molecule has 2 aliphatic heterocycles. The predicted octanol–water partition coefficient (Wildman–Crippen LogP) is 8.57. The van der Waals surface area contributed by atoms with Crippen molar-refractivity contribution in [2.24, 2.45) is 0 Å². The number of nitrogens with zero attached hydrogens (tertiary/aromatic N) is 1. The molecule has 1 nitrogen and oxygen atoms in total. The van der Waals surface area contributed by atoms with Crippen molar-refractivity contribution in [3.8, 4) is 5.69 Å². The molecule has 0 fully saturated rings. The summed E-state index contributed by atoms with van der Waals surface area (Å²) in [7, 11) is 0. The van der Waals surface area contributed by atoms with Crippen LogP contribution in [0.3, 0.4) is 0 Å². The highest BCUT2D eigenvalue weighted by Crippen LogP contribution is 2.64. The summed E-state index contributed by atoms with van der Waals surface area (Å²) in [5.74, 6) is 2.26. The van der Waals surface area contributed by atoms with Gasteiger partial charge >= 0.3 is 0 Å². The molecular formula is C18H16ClNS6. The van der Waals surface area contributed by atoms with Crippen LogP contribution in [0, 0.1) is 0 Å². The Morgan fingerprint density at radius 1 is 0.808 bits per heavy atom. The predicted molar refractivity (Wildman–Crippen MR) is 128 cm³/mol. The largest absolute Gasteiger partial charge is 0.322 e. The summed E-state index contributed by atoms with van der Waals surface area (Å²) in [5.41, 5.74) is 1.15. The lowest BCUT2D eigenvalue weighted by molar-refractivity contribution is 1.06. The Morgan fingerprint density at radius 3 is 1.81 bits per heavy atom. The lowest BCUT2D eigenvalue weighted by atomic mass is 10.3. The molecule has 0 unspecified atom stereocenters. The van der Waals surface area contributed by atoms with Gasteiger partial charge in [0.15, 0.2) is 0 Å². The second kappa shape index (κ2) is 8.80. The van der Waals surface area contributed by atoms with Crippen LogP contribution in [0.1, 0.15) is 13.8 Å². The molecule has 2 aromatic rings. The highest BCUT2D eigenvalue weighted by molar-refractivity contribution is 8.42. The third kappa shape index (κ3) is 4.19. The van der Waals surface area contributed by atoms with Crippen LogP contribution in [-0.4, -0.2) is 16.1 Å². The lowest BCUT2D eigenvalue weighted by Gasteiger charge is -2.05. The van der Waals surface area contributed by atoms with Crippen molar-refractivity contribution in [2.45, 2.75) is 23.6 Å². The molecule has 26 heavy (non-hydrogen) atoms. The van der Waals surface area contributed by atoms with Crippen LogP contribution in [0.4, 0.5) is 0 Å². The van der Waals surface area contributed by atoms with Crippen molar-refractivity contribution in [2.75, 3.05) is 11.5 Å². The second-order valence-corrected chi connectivity index (χ2v) is 13.5. The van der Waals surface area contributed by atoms with E-state index < -0.39 is 0 Å². The summed E-state index contributed by atoms with van der Waals surface area (Å²) in [5, 5.41) is 0.772. The molecule has 8 heteroatoms. The summed E-state index contributed by atoms with van der Waals surface area (Å²) >= 11 is 17.7. The number of benzene rings is 1. The smallest absolute Gasteiger partial charge is 0.0717 e. The molecular weight excluding hydrogens is 458 g/mol. The highest BCUT2D eigenvalue weighted by atomic mass is 35.5. The van der Waals surface area contributed by atoms with Crippen molar-refractivity contribution in [1.29, 1.82) is 0 Å². The molecule has 0 amide bonds. The van der Waals surface area contributed by atoms with Crippen LogP contribution >= 0.6 is 82.2 Å². The average Bonchev–Trinajstić information content (AvgIpc) is 3.29. The fraction of sp³-hybridized carbons (Fsp3) is 0.222. The Bertz CT molecular complexity index is 838. The van der Waals surface area contributed by atoms with Gasteiger partial charge in [0.25, 0.3) is 0 Å². The third-order valence-corrected chi connectivity index (χ3v) is 12.1. The van der Waals surface area contributed by atoms with E-state index >= 15 is 0 Å². The van der Waals surface area contributed by atoms with Gasteiger partial charge in [-0.15, -0.1) is 23.5 Å². The third-order valence-electron chi connectivity index (χ3n) is 3.54. The number of thioether (sulfide) groups is 6. The fourth-order valence-corrected chi connectivity index (χ4v) is 11.0. The van der Waals surface area contributed by atoms with Gasteiger partial charge in [0, 0.05) is 32.9 Å². The van der Waals surface area contributed by atoms with E-state index in [1.165, 1.54) is 26.7 Å². The zero-order valence-electron chi connectivity index (χ0n) is 14.2. The summed E-state index contributed by atoms with van der Waals surface area (Å²) in [4.78, 5) is 2.69. The molecule has 136 valence electrons. The van der Waals surface area contributed by atoms with Crippen molar-refractivity contribution in [3.63, 3.8) is 0 Å². The molecule has 1 aromatic heterocycles. The van der Waals surface area contributed by atoms with E-state index in [0.717, 1.165) is 22.2 Å². The van der Waals surface area contributed by atoms with E-state index in [1.807, 2.05) is 82.7 Å². The van der Waals surface area contributed by atoms with Gasteiger partial charge < -0.3 is 4.57 Å². The van der Waals surface area contributed by atoms with Crippen LogP contribution in [0.25, 0.3) is 5.69 Å². The van der Waals surface area contributed by atoms with Crippen LogP contribution in [0.2, 0.25) is 5.02 Å². The molecule has 4 rings (SSSR count). The summed E-state index contributed by atoms with van der Waals surface area (Å²) in [6.45, 7) is 4.46. The van der Waals surface area contributed by atoms with Gasteiger partial charge in [0.1, 0.15) is 0 Å². The zero-order chi connectivity index (χ0) is 18.1. The maximum Gasteiger partial charge on any atom is 0.0717 e. The minimum Gasteiger partial charge on any atom is -0.322 e. The summed E-state index contributed by atoms with van der Waals surface area (Å²) < 4.78 is 8.02. The maximum atomic E-state index is 6.00. The number of halogens is 1. The number of fused-ring (bicyclic) bond motifs is 1. The number of hydrogen-bond donors (Lipinski definition) is 0. The number of aromatic nitrogens is 1. The number of rotatable bonds is 5. The van der Waals surface area contributed by atoms with E-state index in [9.17, 15) is 0 Å². The fourth-order valence-electron chi connectivity index (χ4n) is 2.43. The molecule has 1 aromatic carbocycles. The normalized spacial score (nSPS) is 16.7. The topological polar surface area (TPSA) is 4.93 Å². The van der Waals surface area contributed by atoms with Gasteiger partial charge in [-0.25, -0.2) is 0 Å². The van der Waals surface area contributed by atoms with Gasteiger partial charge in [0.05, 0.1) is 16.9 Å². The molecule has 0 N–H and O–H groups in total. The molecule has 0 spiro atoms. The standard InChI is InChI=1S/C18H16ClNS6/c1-3-21-15-16(22-4-2)26-18(25-15)17-23-13-9-20(10-14(13)24-17)12-7-5-11(19)6-8-12/h5-10H,3-4H2,1-2H3. The van der Waals surface area contributed by atoms with Crippen LogP contribution in [-0.2, 0) is 0 Å². The Balaban J connectivity index is 1.52. The first-order valence-electron chi connectivity index (χ1n) is 8.11. The Hall–Kier alpha value is 0.370. The Morgan fingerprint density at radius 2 is 1.31 bits per heavy atom. The van der Waals surface area contributed by atoms with Gasteiger partial charge in [-0.1, -0.05) is 72.5 Å². The van der Waals surface area contributed by atoms with Crippen LogP contribution < -0.4 is 0 Å². The molecule has 0 radical (unpaired) electrons. The van der Waals surface area contributed by atoms with E-state index in [2.05, 4.69) is 42.9 Å². The number of hydrogen-bond acceptors (Lipinski definition) is 6. The monoisotopic (exact) mass is 473 g/mol. The van der Waals surface area contributed by atoms with E-state index in [1.54, 1.807) is 0 Å². The quantitative estimate of drug-likeness (QED) is 0.425. The Labute approximate surface area is 184 Å². The van der Waals surface area contributed by atoms with Gasteiger partial charge in [0.2, 0.25) is 0 Å². The Kier molecular flexibility index (Phi) is 6.66. The highest BCUT2D eigenvalue weighted by Gasteiger charge is 2.29. The minimum atomic E-state index is 0.772. The van der Waals surface area contributed by atoms with Crippen molar-refractivity contribution in [3.05, 3.63) is 58.6 Å². The van der Waals surface area contributed by atoms with Gasteiger partial charge in [-0.2, -0.15) is 0 Å². The minimum absolute atomic E-state index is 0.772. The molecule has 0 saturated carbocycles. The first-order valence-corrected chi connectivity index (χ1v) is 13.7. The molecule has 0 aliphatic carbocycles. The maximum absolute atomic E-state index is 6.00. The summed E-state index contributed by atoms with van der Waals surface area (Å²) in [6.07, 6.45) is 4.45. The zero-order valence-corrected chi connectivity index (χ0v) is 19.8. The van der Waals surface area contributed by atoms with Crippen LogP contribution in [0.15, 0.2) is 63.4 Å². The first-order chi connectivity index (χ1) is 12.7. The van der Waals surface area contributed by atoms with Crippen molar-refractivity contribution < 1.29 is 0 Å². The summed E-state index contributed by atoms with van der Waals surface area (Å²) in [6, 6.07) is 7.99.